The van der Waals surface area contributed by atoms with E-state index >= 15 is 0 Å². The van der Waals surface area contributed by atoms with Gasteiger partial charge in [0.05, 0.1) is 0 Å². The lowest BCUT2D eigenvalue weighted by Crippen LogP contribution is -2.43. The van der Waals surface area contributed by atoms with E-state index in [4.69, 9.17) is 0 Å². The summed E-state index contributed by atoms with van der Waals surface area (Å²) in [5.41, 5.74) is 2.60. The fourth-order valence-corrected chi connectivity index (χ4v) is 3.39. The third kappa shape index (κ3) is 4.89. The van der Waals surface area contributed by atoms with Crippen molar-refractivity contribution in [1.82, 2.24) is 10.2 Å². The molecule has 128 valence electrons. The first kappa shape index (κ1) is 17.1. The number of nitrogens with one attached hydrogen (secondary N) is 1. The molecule has 1 heterocycles. The Bertz CT molecular complexity index is 603. The van der Waals surface area contributed by atoms with Crippen molar-refractivity contribution in [3.8, 4) is 0 Å². The molecular formula is C21H27FN2. The van der Waals surface area contributed by atoms with Crippen LogP contribution in [0.3, 0.4) is 0 Å². The first-order valence-corrected chi connectivity index (χ1v) is 8.96. The van der Waals surface area contributed by atoms with E-state index in [0.717, 1.165) is 26.2 Å². The molecule has 2 aromatic rings. The van der Waals surface area contributed by atoms with Gasteiger partial charge in [-0.2, -0.15) is 0 Å². The Balaban J connectivity index is 1.40. The second-order valence-electron chi connectivity index (χ2n) is 6.90. The standard InChI is InChI=1S/C21H27FN2/c1-17(19-5-3-2-4-6-19)15-23-21-11-13-24(14-12-21)16-18-7-9-20(22)10-8-18/h2-10,17,21,23H,11-16H2,1H3. The summed E-state index contributed by atoms with van der Waals surface area (Å²) in [5.74, 6) is 0.387. The summed E-state index contributed by atoms with van der Waals surface area (Å²) in [7, 11) is 0. The number of hydrogen-bond acceptors (Lipinski definition) is 2. The molecule has 0 aliphatic carbocycles. The molecule has 2 nitrogen and oxygen atoms in total. The quantitative estimate of drug-likeness (QED) is 0.856. The highest BCUT2D eigenvalue weighted by Gasteiger charge is 2.19. The molecule has 0 bridgehead atoms. The fraction of sp³-hybridized carbons (Fsp3) is 0.429. The zero-order valence-electron chi connectivity index (χ0n) is 14.4. The summed E-state index contributed by atoms with van der Waals surface area (Å²) in [6.07, 6.45) is 2.37. The topological polar surface area (TPSA) is 15.3 Å². The monoisotopic (exact) mass is 326 g/mol. The van der Waals surface area contributed by atoms with Crippen LogP contribution < -0.4 is 5.32 Å². The first-order chi connectivity index (χ1) is 11.7. The zero-order chi connectivity index (χ0) is 16.8. The fourth-order valence-electron chi connectivity index (χ4n) is 3.39. The molecule has 1 atom stereocenters. The predicted molar refractivity (Wildman–Crippen MR) is 97.6 cm³/mol. The van der Waals surface area contributed by atoms with Crippen molar-refractivity contribution < 1.29 is 4.39 Å². The van der Waals surface area contributed by atoms with Crippen LogP contribution in [0.4, 0.5) is 4.39 Å². The maximum atomic E-state index is 13.0. The van der Waals surface area contributed by atoms with Crippen LogP contribution in [0.2, 0.25) is 0 Å². The van der Waals surface area contributed by atoms with Crippen molar-refractivity contribution in [2.45, 2.75) is 38.3 Å². The molecule has 1 aliphatic heterocycles. The van der Waals surface area contributed by atoms with E-state index in [1.807, 2.05) is 12.1 Å². The van der Waals surface area contributed by atoms with Gasteiger partial charge in [0.1, 0.15) is 5.82 Å². The first-order valence-electron chi connectivity index (χ1n) is 8.96. The lowest BCUT2D eigenvalue weighted by molar-refractivity contribution is 0.190. The second-order valence-corrected chi connectivity index (χ2v) is 6.90. The van der Waals surface area contributed by atoms with Gasteiger partial charge in [-0.15, -0.1) is 0 Å². The Morgan fingerprint density at radius 2 is 1.71 bits per heavy atom. The van der Waals surface area contributed by atoms with Gasteiger partial charge < -0.3 is 5.32 Å². The van der Waals surface area contributed by atoms with Crippen LogP contribution in [0.25, 0.3) is 0 Å². The Morgan fingerprint density at radius 3 is 2.38 bits per heavy atom. The van der Waals surface area contributed by atoms with Gasteiger partial charge in [0.2, 0.25) is 0 Å². The molecule has 0 radical (unpaired) electrons. The van der Waals surface area contributed by atoms with Gasteiger partial charge in [-0.1, -0.05) is 49.4 Å². The molecular weight excluding hydrogens is 299 g/mol. The Kier molecular flexibility index (Phi) is 6.00. The molecule has 1 fully saturated rings. The number of piperidine rings is 1. The maximum Gasteiger partial charge on any atom is 0.123 e. The van der Waals surface area contributed by atoms with Crippen LogP contribution in [-0.4, -0.2) is 30.6 Å². The van der Waals surface area contributed by atoms with Crippen molar-refractivity contribution in [3.63, 3.8) is 0 Å². The number of benzene rings is 2. The lowest BCUT2D eigenvalue weighted by Gasteiger charge is -2.33. The van der Waals surface area contributed by atoms with Crippen molar-refractivity contribution >= 4 is 0 Å². The highest BCUT2D eigenvalue weighted by Crippen LogP contribution is 2.17. The SMILES string of the molecule is CC(CNC1CCN(Cc2ccc(F)cc2)CC1)c1ccccc1. The number of nitrogens with zero attached hydrogens (tertiary/aromatic N) is 1. The molecule has 1 unspecified atom stereocenters. The van der Waals surface area contributed by atoms with E-state index in [0.29, 0.717) is 12.0 Å². The normalized spacial score (nSPS) is 17.8. The largest absolute Gasteiger partial charge is 0.313 e. The molecule has 0 amide bonds. The van der Waals surface area contributed by atoms with E-state index in [1.165, 1.54) is 24.0 Å². The van der Waals surface area contributed by atoms with Crippen molar-refractivity contribution in [1.29, 1.82) is 0 Å². The molecule has 3 rings (SSSR count). The van der Waals surface area contributed by atoms with Gasteiger partial charge in [0, 0.05) is 19.1 Å². The van der Waals surface area contributed by atoms with Crippen LogP contribution >= 0.6 is 0 Å². The lowest BCUT2D eigenvalue weighted by atomic mass is 9.99. The summed E-state index contributed by atoms with van der Waals surface area (Å²) in [4.78, 5) is 2.46. The van der Waals surface area contributed by atoms with Gasteiger partial charge in [0.15, 0.2) is 0 Å². The van der Waals surface area contributed by atoms with E-state index in [-0.39, 0.29) is 5.82 Å². The summed E-state index contributed by atoms with van der Waals surface area (Å²) in [6, 6.07) is 18.2. The molecule has 0 saturated carbocycles. The summed E-state index contributed by atoms with van der Waals surface area (Å²) >= 11 is 0. The smallest absolute Gasteiger partial charge is 0.123 e. The summed E-state index contributed by atoms with van der Waals surface area (Å²) in [5, 5.41) is 3.74. The average molecular weight is 326 g/mol. The Morgan fingerprint density at radius 1 is 1.04 bits per heavy atom. The summed E-state index contributed by atoms with van der Waals surface area (Å²) < 4.78 is 13.0. The van der Waals surface area contributed by atoms with Gasteiger partial charge in [0.25, 0.3) is 0 Å². The second kappa shape index (κ2) is 8.41. The van der Waals surface area contributed by atoms with Crippen molar-refractivity contribution in [3.05, 3.63) is 71.5 Å². The van der Waals surface area contributed by atoms with E-state index in [9.17, 15) is 4.39 Å². The third-order valence-corrected chi connectivity index (χ3v) is 4.99. The predicted octanol–water partition coefficient (Wildman–Crippen LogP) is 4.18. The van der Waals surface area contributed by atoms with Gasteiger partial charge in [-0.25, -0.2) is 4.39 Å². The van der Waals surface area contributed by atoms with E-state index in [2.05, 4.69) is 47.5 Å². The van der Waals surface area contributed by atoms with Crippen LogP contribution in [0, 0.1) is 5.82 Å². The number of likely N-dealkylation sites (tertiary alicyclic amines) is 1. The number of hydrogen-bond donors (Lipinski definition) is 1. The molecule has 0 spiro atoms. The molecule has 3 heteroatoms. The third-order valence-electron chi connectivity index (χ3n) is 4.99. The van der Waals surface area contributed by atoms with Crippen LogP contribution in [0.5, 0.6) is 0 Å². The highest BCUT2D eigenvalue weighted by atomic mass is 19.1. The van der Waals surface area contributed by atoms with Gasteiger partial charge in [-0.05, 0) is 55.1 Å². The van der Waals surface area contributed by atoms with Gasteiger partial charge >= 0.3 is 0 Å². The van der Waals surface area contributed by atoms with E-state index in [1.54, 1.807) is 12.1 Å². The molecule has 1 N–H and O–H groups in total. The molecule has 24 heavy (non-hydrogen) atoms. The van der Waals surface area contributed by atoms with E-state index < -0.39 is 0 Å². The van der Waals surface area contributed by atoms with Crippen molar-refractivity contribution in [2.75, 3.05) is 19.6 Å². The van der Waals surface area contributed by atoms with Crippen molar-refractivity contribution in [2.24, 2.45) is 0 Å². The Hall–Kier alpha value is -1.71. The molecule has 2 aromatic carbocycles. The molecule has 1 aliphatic rings. The molecule has 0 aromatic heterocycles. The minimum Gasteiger partial charge on any atom is -0.313 e. The van der Waals surface area contributed by atoms with Crippen LogP contribution in [0.15, 0.2) is 54.6 Å². The minimum atomic E-state index is -0.158. The van der Waals surface area contributed by atoms with Gasteiger partial charge in [-0.3, -0.25) is 4.90 Å². The molecule has 1 saturated heterocycles. The van der Waals surface area contributed by atoms with Crippen LogP contribution in [-0.2, 0) is 6.54 Å². The minimum absolute atomic E-state index is 0.158. The summed E-state index contributed by atoms with van der Waals surface area (Å²) in [6.45, 7) is 6.45. The number of rotatable bonds is 6. The highest BCUT2D eigenvalue weighted by molar-refractivity contribution is 5.19. The average Bonchev–Trinajstić information content (AvgIpc) is 2.63. The zero-order valence-corrected chi connectivity index (χ0v) is 14.4. The maximum absolute atomic E-state index is 13.0. The Labute approximate surface area is 144 Å². The van der Waals surface area contributed by atoms with Crippen LogP contribution in [0.1, 0.15) is 36.8 Å². The number of halogens is 1.